The Kier molecular flexibility index (Phi) is 6.02. The van der Waals surface area contributed by atoms with Gasteiger partial charge in [0.15, 0.2) is 18.0 Å². The molecule has 1 saturated heterocycles. The number of esters is 2. The molecular weight excluding hydrogens is 376 g/mol. The molecule has 0 bridgehead atoms. The van der Waals surface area contributed by atoms with E-state index in [1.807, 2.05) is 13.8 Å². The van der Waals surface area contributed by atoms with Crippen molar-refractivity contribution in [1.82, 2.24) is 0 Å². The molecular formula is C22H24O7. The number of aliphatic hydroxyl groups is 2. The Morgan fingerprint density at radius 2 is 1.45 bits per heavy atom. The molecule has 1 fully saturated rings. The molecule has 29 heavy (non-hydrogen) atoms. The topological polar surface area (TPSA) is 102 Å². The highest BCUT2D eigenvalue weighted by Gasteiger charge is 2.55. The van der Waals surface area contributed by atoms with E-state index < -0.39 is 36.0 Å². The summed E-state index contributed by atoms with van der Waals surface area (Å²) in [6, 6.07) is 13.5. The Morgan fingerprint density at radius 1 is 0.966 bits per heavy atom. The van der Waals surface area contributed by atoms with Crippen LogP contribution < -0.4 is 0 Å². The van der Waals surface area contributed by atoms with Gasteiger partial charge in [0, 0.05) is 0 Å². The first-order valence-electron chi connectivity index (χ1n) is 9.26. The summed E-state index contributed by atoms with van der Waals surface area (Å²) in [5.41, 5.74) is 0.774. The van der Waals surface area contributed by atoms with Crippen LogP contribution in [0.5, 0.6) is 0 Å². The number of hydrogen-bond donors (Lipinski definition) is 2. The molecule has 2 N–H and O–H groups in total. The number of hydrogen-bond acceptors (Lipinski definition) is 7. The van der Waals surface area contributed by atoms with Gasteiger partial charge in [-0.25, -0.2) is 9.59 Å². The Balaban J connectivity index is 1.69. The summed E-state index contributed by atoms with van der Waals surface area (Å²) in [4.78, 5) is 24.7. The van der Waals surface area contributed by atoms with Gasteiger partial charge in [-0.1, -0.05) is 35.4 Å². The van der Waals surface area contributed by atoms with Crippen LogP contribution in [0.3, 0.4) is 0 Å². The van der Waals surface area contributed by atoms with E-state index in [4.69, 9.17) is 14.2 Å². The SMILES string of the molecule is Cc1ccc(C(=O)OC[C@H]2O[C@H](O)[C@](C)(O)[C@@H]2OC(=O)c2ccc(C)cc2)cc1. The average molecular weight is 400 g/mol. The molecule has 0 amide bonds. The minimum Gasteiger partial charge on any atom is -0.459 e. The van der Waals surface area contributed by atoms with Crippen molar-refractivity contribution in [2.45, 2.75) is 44.9 Å². The van der Waals surface area contributed by atoms with Gasteiger partial charge in [0.1, 0.15) is 12.7 Å². The largest absolute Gasteiger partial charge is 0.459 e. The second-order valence-corrected chi connectivity index (χ2v) is 7.41. The summed E-state index contributed by atoms with van der Waals surface area (Å²) in [7, 11) is 0. The van der Waals surface area contributed by atoms with Gasteiger partial charge in [-0.3, -0.25) is 0 Å². The molecule has 0 aliphatic carbocycles. The van der Waals surface area contributed by atoms with E-state index in [9.17, 15) is 19.8 Å². The highest BCUT2D eigenvalue weighted by atomic mass is 16.7. The molecule has 0 aromatic heterocycles. The lowest BCUT2D eigenvalue weighted by Crippen LogP contribution is -2.48. The number of rotatable bonds is 5. The van der Waals surface area contributed by atoms with Crippen LogP contribution >= 0.6 is 0 Å². The summed E-state index contributed by atoms with van der Waals surface area (Å²) in [5, 5.41) is 20.6. The zero-order chi connectivity index (χ0) is 21.2. The van der Waals surface area contributed by atoms with Gasteiger partial charge in [0.05, 0.1) is 11.1 Å². The third-order valence-electron chi connectivity index (χ3n) is 4.90. The highest BCUT2D eigenvalue weighted by molar-refractivity contribution is 5.90. The van der Waals surface area contributed by atoms with Crippen molar-refractivity contribution in [3.8, 4) is 0 Å². The van der Waals surface area contributed by atoms with Gasteiger partial charge < -0.3 is 24.4 Å². The number of aliphatic hydroxyl groups excluding tert-OH is 1. The normalized spacial score (nSPS) is 26.2. The lowest BCUT2D eigenvalue weighted by molar-refractivity contribution is -0.170. The zero-order valence-corrected chi connectivity index (χ0v) is 16.5. The maximum atomic E-state index is 12.5. The lowest BCUT2D eigenvalue weighted by Gasteiger charge is -2.27. The van der Waals surface area contributed by atoms with Crippen LogP contribution in [0.25, 0.3) is 0 Å². The quantitative estimate of drug-likeness (QED) is 0.742. The Bertz CT molecular complexity index is 871. The Hall–Kier alpha value is -2.74. The molecule has 154 valence electrons. The molecule has 0 spiro atoms. The third kappa shape index (κ3) is 4.64. The summed E-state index contributed by atoms with van der Waals surface area (Å²) >= 11 is 0. The second-order valence-electron chi connectivity index (χ2n) is 7.41. The van der Waals surface area contributed by atoms with Gasteiger partial charge >= 0.3 is 11.9 Å². The Labute approximate surface area is 168 Å². The van der Waals surface area contributed by atoms with E-state index in [2.05, 4.69) is 0 Å². The highest BCUT2D eigenvalue weighted by Crippen LogP contribution is 2.33. The molecule has 2 aromatic carbocycles. The van der Waals surface area contributed by atoms with Crippen LogP contribution in [0.1, 0.15) is 38.8 Å². The van der Waals surface area contributed by atoms with E-state index in [0.29, 0.717) is 11.1 Å². The first kappa shape index (κ1) is 21.0. The van der Waals surface area contributed by atoms with E-state index in [-0.39, 0.29) is 6.61 Å². The number of carbonyl (C=O) groups is 2. The van der Waals surface area contributed by atoms with E-state index >= 15 is 0 Å². The molecule has 1 aliphatic heterocycles. The van der Waals surface area contributed by atoms with E-state index in [1.165, 1.54) is 6.92 Å². The molecule has 2 aromatic rings. The van der Waals surface area contributed by atoms with Gasteiger partial charge in [0.2, 0.25) is 0 Å². The molecule has 0 radical (unpaired) electrons. The minimum atomic E-state index is -1.86. The zero-order valence-electron chi connectivity index (χ0n) is 16.5. The third-order valence-corrected chi connectivity index (χ3v) is 4.90. The van der Waals surface area contributed by atoms with Gasteiger partial charge in [-0.2, -0.15) is 0 Å². The van der Waals surface area contributed by atoms with Crippen molar-refractivity contribution in [2.75, 3.05) is 6.61 Å². The van der Waals surface area contributed by atoms with Crippen LogP contribution in [0.4, 0.5) is 0 Å². The number of benzene rings is 2. The summed E-state index contributed by atoms with van der Waals surface area (Å²) in [5.74, 6) is -1.26. The fourth-order valence-corrected chi connectivity index (χ4v) is 3.02. The van der Waals surface area contributed by atoms with Crippen LogP contribution in [0, 0.1) is 13.8 Å². The van der Waals surface area contributed by atoms with Crippen molar-refractivity contribution >= 4 is 11.9 Å². The predicted octanol–water partition coefficient (Wildman–Crippen LogP) is 2.15. The maximum Gasteiger partial charge on any atom is 0.338 e. The maximum absolute atomic E-state index is 12.5. The van der Waals surface area contributed by atoms with Crippen molar-refractivity contribution < 1.29 is 34.0 Å². The summed E-state index contributed by atoms with van der Waals surface area (Å²) in [6.07, 6.45) is -3.85. The second kappa shape index (κ2) is 8.32. The van der Waals surface area contributed by atoms with Crippen molar-refractivity contribution in [1.29, 1.82) is 0 Å². The van der Waals surface area contributed by atoms with Crippen molar-refractivity contribution in [2.24, 2.45) is 0 Å². The molecule has 7 heteroatoms. The van der Waals surface area contributed by atoms with E-state index in [0.717, 1.165) is 11.1 Å². The Morgan fingerprint density at radius 3 is 1.97 bits per heavy atom. The van der Waals surface area contributed by atoms with Crippen LogP contribution in [0.2, 0.25) is 0 Å². The van der Waals surface area contributed by atoms with Crippen LogP contribution in [-0.2, 0) is 14.2 Å². The van der Waals surface area contributed by atoms with E-state index in [1.54, 1.807) is 48.5 Å². The van der Waals surface area contributed by atoms with Crippen LogP contribution in [-0.4, -0.2) is 52.9 Å². The fourth-order valence-electron chi connectivity index (χ4n) is 3.02. The molecule has 0 unspecified atom stereocenters. The smallest absolute Gasteiger partial charge is 0.338 e. The molecule has 1 aliphatic rings. The number of carbonyl (C=O) groups excluding carboxylic acids is 2. The van der Waals surface area contributed by atoms with Gasteiger partial charge in [-0.05, 0) is 45.0 Å². The van der Waals surface area contributed by atoms with Gasteiger partial charge in [-0.15, -0.1) is 0 Å². The van der Waals surface area contributed by atoms with Crippen LogP contribution in [0.15, 0.2) is 48.5 Å². The standard InChI is InChI=1S/C22H24O7/c1-13-4-8-15(9-5-13)19(23)27-12-17-18(22(3,26)21(25)28-17)29-20(24)16-10-6-14(2)7-11-16/h4-11,17-18,21,25-26H,12H2,1-3H3/t17-,18-,21+,22-/m1/s1. The monoisotopic (exact) mass is 400 g/mol. The van der Waals surface area contributed by atoms with Crippen molar-refractivity contribution in [3.05, 3.63) is 70.8 Å². The summed E-state index contributed by atoms with van der Waals surface area (Å²) < 4.78 is 16.0. The molecule has 7 nitrogen and oxygen atoms in total. The van der Waals surface area contributed by atoms with Gasteiger partial charge in [0.25, 0.3) is 0 Å². The van der Waals surface area contributed by atoms with Crippen molar-refractivity contribution in [3.63, 3.8) is 0 Å². The minimum absolute atomic E-state index is 0.295. The first-order valence-corrected chi connectivity index (χ1v) is 9.26. The predicted molar refractivity (Wildman–Crippen MR) is 103 cm³/mol. The number of aryl methyl sites for hydroxylation is 2. The average Bonchev–Trinajstić information content (AvgIpc) is 2.90. The summed E-state index contributed by atoms with van der Waals surface area (Å²) in [6.45, 7) is 4.79. The first-order chi connectivity index (χ1) is 13.7. The molecule has 0 saturated carbocycles. The molecule has 1 heterocycles. The number of ether oxygens (including phenoxy) is 3. The molecule has 3 rings (SSSR count). The fraction of sp³-hybridized carbons (Fsp3) is 0.364. The lowest BCUT2D eigenvalue weighted by atomic mass is 9.97. The molecule has 4 atom stereocenters.